The number of carbonyl (C=O) groups is 1. The molecule has 0 saturated carbocycles. The molecule has 2 aliphatic heterocycles. The van der Waals surface area contributed by atoms with Crippen LogP contribution in [0.2, 0.25) is 0 Å². The number of hydrogen-bond acceptors (Lipinski definition) is 5. The van der Waals surface area contributed by atoms with E-state index >= 15 is 0 Å². The lowest BCUT2D eigenvalue weighted by Crippen LogP contribution is -2.38. The molecule has 3 heterocycles. The number of hydrogen-bond donors (Lipinski definition) is 1. The third-order valence-electron chi connectivity index (χ3n) is 5.20. The van der Waals surface area contributed by atoms with Crippen molar-refractivity contribution < 1.29 is 14.3 Å². The van der Waals surface area contributed by atoms with Gasteiger partial charge in [0.05, 0.1) is 6.61 Å². The maximum atomic E-state index is 11.9. The average Bonchev–Trinajstić information content (AvgIpc) is 2.99. The smallest absolute Gasteiger partial charge is 0.358 e. The van der Waals surface area contributed by atoms with Crippen LogP contribution in [-0.4, -0.2) is 60.3 Å². The van der Waals surface area contributed by atoms with E-state index < -0.39 is 0 Å². The van der Waals surface area contributed by atoms with Gasteiger partial charge in [0, 0.05) is 31.4 Å². The summed E-state index contributed by atoms with van der Waals surface area (Å²) in [5.74, 6) is 1.82. The first kappa shape index (κ1) is 17.4. The lowest BCUT2D eigenvalue weighted by molar-refractivity contribution is 0.0485. The van der Waals surface area contributed by atoms with E-state index in [0.717, 1.165) is 56.6 Å². The Bertz CT molecular complexity index is 544. The van der Waals surface area contributed by atoms with Gasteiger partial charge in [0.15, 0.2) is 5.69 Å². The Balaban J connectivity index is 1.53. The molecule has 0 bridgehead atoms. The van der Waals surface area contributed by atoms with Gasteiger partial charge >= 0.3 is 5.97 Å². The molecule has 24 heavy (non-hydrogen) atoms. The number of rotatable bonds is 5. The van der Waals surface area contributed by atoms with Crippen LogP contribution in [0.4, 0.5) is 0 Å². The number of aryl methyl sites for hydroxylation is 1. The van der Waals surface area contributed by atoms with Crippen molar-refractivity contribution in [3.63, 3.8) is 0 Å². The number of esters is 1. The molecule has 3 rings (SSSR count). The predicted octanol–water partition coefficient (Wildman–Crippen LogP) is 2.50. The van der Waals surface area contributed by atoms with Crippen LogP contribution < -0.4 is 0 Å². The Morgan fingerprint density at radius 3 is 2.67 bits per heavy atom. The first-order valence-corrected chi connectivity index (χ1v) is 9.21. The van der Waals surface area contributed by atoms with Crippen LogP contribution in [0.3, 0.4) is 0 Å². The number of likely N-dealkylation sites (tertiary alicyclic amines) is 1. The summed E-state index contributed by atoms with van der Waals surface area (Å²) in [7, 11) is 0. The van der Waals surface area contributed by atoms with Crippen LogP contribution in [-0.2, 0) is 9.47 Å². The number of imidazole rings is 1. The number of nitrogens with one attached hydrogen (secondary N) is 1. The summed E-state index contributed by atoms with van der Waals surface area (Å²) in [4.78, 5) is 22.3. The Kier molecular flexibility index (Phi) is 5.89. The molecule has 1 aromatic rings. The quantitative estimate of drug-likeness (QED) is 0.838. The summed E-state index contributed by atoms with van der Waals surface area (Å²) in [5.41, 5.74) is 1.25. The summed E-state index contributed by atoms with van der Waals surface area (Å²) in [6.07, 6.45) is 4.58. The van der Waals surface area contributed by atoms with E-state index in [4.69, 9.17) is 9.47 Å². The number of carbonyl (C=O) groups excluding carboxylic acids is 1. The predicted molar refractivity (Wildman–Crippen MR) is 91.2 cm³/mol. The fourth-order valence-corrected chi connectivity index (χ4v) is 3.76. The lowest BCUT2D eigenvalue weighted by Gasteiger charge is -2.34. The molecule has 0 amide bonds. The lowest BCUT2D eigenvalue weighted by atomic mass is 9.93. The van der Waals surface area contributed by atoms with Crippen molar-refractivity contribution in [3.8, 4) is 0 Å². The largest absolute Gasteiger partial charge is 0.461 e. The van der Waals surface area contributed by atoms with Crippen LogP contribution in [0.25, 0.3) is 0 Å². The van der Waals surface area contributed by atoms with Crippen molar-refractivity contribution in [2.24, 2.45) is 5.92 Å². The van der Waals surface area contributed by atoms with Gasteiger partial charge < -0.3 is 19.4 Å². The van der Waals surface area contributed by atoms with Gasteiger partial charge in [-0.05, 0) is 58.5 Å². The Morgan fingerprint density at radius 2 is 2.00 bits per heavy atom. The number of nitrogens with zero attached hydrogens (tertiary/aromatic N) is 2. The molecule has 0 radical (unpaired) electrons. The normalized spacial score (nSPS) is 21.1. The van der Waals surface area contributed by atoms with Crippen molar-refractivity contribution >= 4 is 5.97 Å². The summed E-state index contributed by atoms with van der Waals surface area (Å²) in [6, 6.07) is 0. The van der Waals surface area contributed by atoms with Gasteiger partial charge in [-0.15, -0.1) is 0 Å². The van der Waals surface area contributed by atoms with Crippen LogP contribution >= 0.6 is 0 Å². The molecule has 1 N–H and O–H groups in total. The molecular weight excluding hydrogens is 306 g/mol. The minimum absolute atomic E-state index is 0.325. The zero-order valence-electron chi connectivity index (χ0n) is 14.8. The first-order chi connectivity index (χ1) is 11.7. The van der Waals surface area contributed by atoms with Crippen molar-refractivity contribution in [1.82, 2.24) is 14.9 Å². The monoisotopic (exact) mass is 335 g/mol. The Labute approximate surface area is 143 Å². The molecule has 2 saturated heterocycles. The summed E-state index contributed by atoms with van der Waals surface area (Å²) in [6.45, 7) is 9.34. The molecule has 2 fully saturated rings. The van der Waals surface area contributed by atoms with Crippen molar-refractivity contribution in [3.05, 3.63) is 17.2 Å². The number of aromatic amines is 1. The molecule has 2 aliphatic rings. The van der Waals surface area contributed by atoms with Crippen molar-refractivity contribution in [1.29, 1.82) is 0 Å². The van der Waals surface area contributed by atoms with Gasteiger partial charge in [-0.3, -0.25) is 0 Å². The number of ether oxygens (including phenoxy) is 2. The van der Waals surface area contributed by atoms with Gasteiger partial charge in [-0.1, -0.05) is 0 Å². The van der Waals surface area contributed by atoms with Crippen LogP contribution in [0.5, 0.6) is 0 Å². The van der Waals surface area contributed by atoms with E-state index in [2.05, 4.69) is 14.9 Å². The van der Waals surface area contributed by atoms with Crippen LogP contribution in [0.1, 0.15) is 60.5 Å². The molecule has 6 nitrogen and oxygen atoms in total. The third-order valence-corrected chi connectivity index (χ3v) is 5.20. The van der Waals surface area contributed by atoms with E-state index in [9.17, 15) is 4.79 Å². The van der Waals surface area contributed by atoms with Crippen LogP contribution in [0, 0.1) is 12.8 Å². The average molecular weight is 335 g/mol. The second-order valence-corrected chi connectivity index (χ2v) is 6.95. The number of aromatic nitrogens is 2. The number of H-pyrrole nitrogens is 1. The van der Waals surface area contributed by atoms with E-state index in [-0.39, 0.29) is 5.97 Å². The molecule has 0 aromatic carbocycles. The third kappa shape index (κ3) is 4.16. The number of piperidine rings is 1. The van der Waals surface area contributed by atoms with Gasteiger partial charge in [-0.2, -0.15) is 0 Å². The molecule has 6 heteroatoms. The molecule has 0 spiro atoms. The zero-order valence-corrected chi connectivity index (χ0v) is 14.8. The minimum atomic E-state index is -0.325. The highest BCUT2D eigenvalue weighted by Crippen LogP contribution is 2.28. The van der Waals surface area contributed by atoms with Gasteiger partial charge in [0.25, 0.3) is 0 Å². The molecule has 134 valence electrons. The molecule has 0 atom stereocenters. The maximum absolute atomic E-state index is 11.9. The fourth-order valence-electron chi connectivity index (χ4n) is 3.76. The van der Waals surface area contributed by atoms with E-state index in [0.29, 0.717) is 18.2 Å². The molecule has 0 aliphatic carbocycles. The molecule has 1 aromatic heterocycles. The molecule has 0 unspecified atom stereocenters. The highest BCUT2D eigenvalue weighted by Gasteiger charge is 2.27. The van der Waals surface area contributed by atoms with Gasteiger partial charge in [0.1, 0.15) is 5.82 Å². The SMILES string of the molecule is CCOC(=O)c1nc(C2CCN(CC3CCOCC3)CC2)[nH]c1C. The Morgan fingerprint density at radius 1 is 1.29 bits per heavy atom. The topological polar surface area (TPSA) is 67.4 Å². The van der Waals surface area contributed by atoms with Gasteiger partial charge in [-0.25, -0.2) is 9.78 Å². The molecular formula is C18H29N3O3. The second-order valence-electron chi connectivity index (χ2n) is 6.95. The van der Waals surface area contributed by atoms with Crippen molar-refractivity contribution in [2.75, 3.05) is 39.5 Å². The fraction of sp³-hybridized carbons (Fsp3) is 0.778. The first-order valence-electron chi connectivity index (χ1n) is 9.21. The van der Waals surface area contributed by atoms with Gasteiger partial charge in [0.2, 0.25) is 0 Å². The van der Waals surface area contributed by atoms with Crippen molar-refractivity contribution in [2.45, 2.75) is 45.4 Å². The van der Waals surface area contributed by atoms with E-state index in [1.807, 2.05) is 13.8 Å². The highest BCUT2D eigenvalue weighted by atomic mass is 16.5. The standard InChI is InChI=1S/C18H29N3O3/c1-3-24-18(22)16-13(2)19-17(20-16)15-4-8-21(9-5-15)12-14-6-10-23-11-7-14/h14-15H,3-12H2,1-2H3,(H,19,20). The van der Waals surface area contributed by atoms with E-state index in [1.165, 1.54) is 19.4 Å². The Hall–Kier alpha value is -1.40. The summed E-state index contributed by atoms with van der Waals surface area (Å²) >= 11 is 0. The second kappa shape index (κ2) is 8.12. The zero-order chi connectivity index (χ0) is 16.9. The highest BCUT2D eigenvalue weighted by molar-refractivity contribution is 5.88. The van der Waals surface area contributed by atoms with E-state index in [1.54, 1.807) is 0 Å². The summed E-state index contributed by atoms with van der Waals surface area (Å²) in [5, 5.41) is 0. The summed E-state index contributed by atoms with van der Waals surface area (Å²) < 4.78 is 10.5. The maximum Gasteiger partial charge on any atom is 0.358 e. The van der Waals surface area contributed by atoms with Crippen LogP contribution in [0.15, 0.2) is 0 Å². The minimum Gasteiger partial charge on any atom is -0.461 e.